The number of rotatable bonds is 9. The van der Waals surface area contributed by atoms with Gasteiger partial charge in [-0.2, -0.15) is 4.37 Å². The highest BCUT2D eigenvalue weighted by Gasteiger charge is 2.37. The fourth-order valence-electron chi connectivity index (χ4n) is 4.13. The van der Waals surface area contributed by atoms with Crippen LogP contribution in [-0.4, -0.2) is 33.6 Å². The minimum atomic E-state index is -1.03. The van der Waals surface area contributed by atoms with Gasteiger partial charge in [0.15, 0.2) is 5.69 Å². The number of aromatic nitrogens is 2. The summed E-state index contributed by atoms with van der Waals surface area (Å²) in [7, 11) is 0. The summed E-state index contributed by atoms with van der Waals surface area (Å²) in [6, 6.07) is 13.8. The van der Waals surface area contributed by atoms with Crippen molar-refractivity contribution in [3.63, 3.8) is 0 Å². The predicted octanol–water partition coefficient (Wildman–Crippen LogP) is 4.16. The quantitative estimate of drug-likeness (QED) is 0.263. The van der Waals surface area contributed by atoms with E-state index in [1.54, 1.807) is 18.3 Å². The SMILES string of the molecule is Cc1ccc(N(C(=O)c2snc(C(N)=O)c2N)[C@H](C(=O)NCCC(C)C)c2c[nH]c3ccccc23)cc1. The first-order valence-corrected chi connectivity index (χ1v) is 12.7. The summed E-state index contributed by atoms with van der Waals surface area (Å²) in [6.45, 7) is 6.55. The number of nitrogens with two attached hydrogens (primary N) is 2. The lowest BCUT2D eigenvalue weighted by molar-refractivity contribution is -0.122. The smallest absolute Gasteiger partial charge is 0.273 e. The molecule has 37 heavy (non-hydrogen) atoms. The Morgan fingerprint density at radius 3 is 2.46 bits per heavy atom. The number of aryl methyl sites for hydroxylation is 1. The molecule has 192 valence electrons. The summed E-state index contributed by atoms with van der Waals surface area (Å²) in [6.07, 6.45) is 2.53. The first-order valence-electron chi connectivity index (χ1n) is 12.0. The van der Waals surface area contributed by atoms with Crippen LogP contribution in [0.15, 0.2) is 54.7 Å². The number of benzene rings is 2. The number of nitrogens with one attached hydrogen (secondary N) is 2. The summed E-state index contributed by atoms with van der Waals surface area (Å²) in [5.41, 5.74) is 14.2. The zero-order valence-corrected chi connectivity index (χ0v) is 21.8. The van der Waals surface area contributed by atoms with Crippen molar-refractivity contribution >= 4 is 51.5 Å². The van der Waals surface area contributed by atoms with Crippen LogP contribution in [0.25, 0.3) is 10.9 Å². The van der Waals surface area contributed by atoms with Crippen LogP contribution in [0.2, 0.25) is 0 Å². The maximum Gasteiger partial charge on any atom is 0.273 e. The maximum absolute atomic E-state index is 14.1. The van der Waals surface area contributed by atoms with E-state index < -0.39 is 17.9 Å². The normalized spacial score (nSPS) is 12.0. The number of nitrogens with zero attached hydrogens (tertiary/aromatic N) is 2. The number of carbonyl (C=O) groups excluding carboxylic acids is 3. The van der Waals surface area contributed by atoms with E-state index in [-0.39, 0.29) is 22.2 Å². The predicted molar refractivity (Wildman–Crippen MR) is 147 cm³/mol. The van der Waals surface area contributed by atoms with E-state index in [1.165, 1.54) is 4.90 Å². The van der Waals surface area contributed by atoms with E-state index in [1.807, 2.05) is 43.3 Å². The van der Waals surface area contributed by atoms with Gasteiger partial charge in [0.2, 0.25) is 5.91 Å². The van der Waals surface area contributed by atoms with Crippen LogP contribution in [0.1, 0.15) is 57.6 Å². The van der Waals surface area contributed by atoms with Crippen molar-refractivity contribution in [2.45, 2.75) is 33.2 Å². The number of H-pyrrole nitrogens is 1. The average molecular weight is 519 g/mol. The molecular weight excluding hydrogens is 488 g/mol. The van der Waals surface area contributed by atoms with Crippen LogP contribution >= 0.6 is 11.5 Å². The number of carbonyl (C=O) groups is 3. The lowest BCUT2D eigenvalue weighted by Crippen LogP contribution is -2.44. The Hall–Kier alpha value is -4.18. The molecule has 0 spiro atoms. The third-order valence-electron chi connectivity index (χ3n) is 6.13. The Morgan fingerprint density at radius 2 is 1.81 bits per heavy atom. The largest absolute Gasteiger partial charge is 0.395 e. The third-order valence-corrected chi connectivity index (χ3v) is 6.98. The van der Waals surface area contributed by atoms with Crippen LogP contribution in [-0.2, 0) is 4.79 Å². The standard InChI is InChI=1S/C27H30N6O3S/c1-15(2)12-13-30-26(35)23(19-14-31-20-7-5-4-6-18(19)20)33(17-10-8-16(3)9-11-17)27(36)24-21(28)22(25(29)34)32-37-24/h4-11,14-15,23,31H,12-13,28H2,1-3H3,(H2,29,34)(H,30,35)/t23-/m0/s1. The molecule has 0 unspecified atom stereocenters. The number of para-hydroxylation sites is 1. The molecule has 6 N–H and O–H groups in total. The molecule has 2 aromatic heterocycles. The molecule has 0 saturated carbocycles. The van der Waals surface area contributed by atoms with Crippen molar-refractivity contribution in [2.75, 3.05) is 17.2 Å². The first kappa shape index (κ1) is 25.9. The summed E-state index contributed by atoms with van der Waals surface area (Å²) < 4.78 is 4.00. The van der Waals surface area contributed by atoms with E-state index in [2.05, 4.69) is 28.5 Å². The van der Waals surface area contributed by atoms with Gasteiger partial charge in [0, 0.05) is 34.9 Å². The van der Waals surface area contributed by atoms with Gasteiger partial charge in [-0.3, -0.25) is 19.3 Å². The van der Waals surface area contributed by atoms with Crippen LogP contribution in [0.3, 0.4) is 0 Å². The monoisotopic (exact) mass is 518 g/mol. The van der Waals surface area contributed by atoms with Crippen LogP contribution in [0.5, 0.6) is 0 Å². The number of amides is 3. The molecule has 2 heterocycles. The topological polar surface area (TPSA) is 147 Å². The zero-order valence-electron chi connectivity index (χ0n) is 20.9. The van der Waals surface area contributed by atoms with E-state index in [9.17, 15) is 14.4 Å². The molecule has 0 aliphatic rings. The Labute approximate surface area is 219 Å². The molecule has 4 rings (SSSR count). The second-order valence-corrected chi connectivity index (χ2v) is 10.1. The summed E-state index contributed by atoms with van der Waals surface area (Å²) >= 11 is 0.784. The fourth-order valence-corrected chi connectivity index (χ4v) is 4.87. The van der Waals surface area contributed by atoms with Gasteiger partial charge in [-0.15, -0.1) is 0 Å². The number of anilines is 2. The van der Waals surface area contributed by atoms with Gasteiger partial charge in [-0.25, -0.2) is 0 Å². The zero-order chi connectivity index (χ0) is 26.7. The van der Waals surface area contributed by atoms with E-state index in [0.717, 1.165) is 34.4 Å². The Balaban J connectivity index is 1.89. The molecule has 0 aliphatic carbocycles. The minimum absolute atomic E-state index is 0.0363. The molecule has 0 saturated heterocycles. The molecule has 2 aromatic carbocycles. The third kappa shape index (κ3) is 5.34. The highest BCUT2D eigenvalue weighted by atomic mass is 32.1. The molecule has 4 aromatic rings. The second-order valence-electron chi connectivity index (χ2n) is 9.31. The summed E-state index contributed by atoms with van der Waals surface area (Å²) in [5.74, 6) is -1.32. The molecule has 10 heteroatoms. The van der Waals surface area contributed by atoms with Crippen molar-refractivity contribution in [3.8, 4) is 0 Å². The molecule has 9 nitrogen and oxygen atoms in total. The second kappa shape index (κ2) is 10.8. The van der Waals surface area contributed by atoms with E-state index in [4.69, 9.17) is 11.5 Å². The molecule has 0 fully saturated rings. The van der Waals surface area contributed by atoms with Gasteiger partial charge in [0.05, 0.1) is 5.69 Å². The minimum Gasteiger partial charge on any atom is -0.395 e. The maximum atomic E-state index is 14.1. The number of fused-ring (bicyclic) bond motifs is 1. The van der Waals surface area contributed by atoms with E-state index >= 15 is 0 Å². The fraction of sp³-hybridized carbons (Fsp3) is 0.259. The van der Waals surface area contributed by atoms with Crippen molar-refractivity contribution < 1.29 is 14.4 Å². The molecule has 3 amide bonds. The highest BCUT2D eigenvalue weighted by Crippen LogP contribution is 2.36. The Bertz CT molecular complexity index is 1440. The van der Waals surface area contributed by atoms with Gasteiger partial charge in [0.1, 0.15) is 10.9 Å². The van der Waals surface area contributed by atoms with Crippen molar-refractivity contribution in [1.29, 1.82) is 0 Å². The summed E-state index contributed by atoms with van der Waals surface area (Å²) in [5, 5.41) is 3.82. The lowest BCUT2D eigenvalue weighted by Gasteiger charge is -2.31. The number of hydrogen-bond donors (Lipinski definition) is 4. The van der Waals surface area contributed by atoms with Crippen LogP contribution in [0, 0.1) is 12.8 Å². The van der Waals surface area contributed by atoms with Crippen molar-refractivity contribution in [1.82, 2.24) is 14.7 Å². The van der Waals surface area contributed by atoms with Crippen LogP contribution < -0.4 is 21.7 Å². The Kier molecular flexibility index (Phi) is 7.58. The number of nitrogen functional groups attached to an aromatic ring is 1. The highest BCUT2D eigenvalue weighted by molar-refractivity contribution is 7.09. The molecular formula is C27H30N6O3S. The molecule has 0 radical (unpaired) electrons. The molecule has 1 atom stereocenters. The number of primary amides is 1. The first-order chi connectivity index (χ1) is 17.7. The van der Waals surface area contributed by atoms with Gasteiger partial charge in [-0.05, 0) is 49.0 Å². The number of aromatic amines is 1. The van der Waals surface area contributed by atoms with Crippen LogP contribution in [0.4, 0.5) is 11.4 Å². The van der Waals surface area contributed by atoms with Crippen molar-refractivity contribution in [2.24, 2.45) is 11.7 Å². The van der Waals surface area contributed by atoms with E-state index in [0.29, 0.717) is 23.7 Å². The number of hydrogen-bond acceptors (Lipinski definition) is 6. The lowest BCUT2D eigenvalue weighted by atomic mass is 10.0. The summed E-state index contributed by atoms with van der Waals surface area (Å²) in [4.78, 5) is 44.4. The van der Waals surface area contributed by atoms with Gasteiger partial charge < -0.3 is 21.8 Å². The van der Waals surface area contributed by atoms with Gasteiger partial charge in [-0.1, -0.05) is 49.7 Å². The molecule has 0 bridgehead atoms. The van der Waals surface area contributed by atoms with Gasteiger partial charge >= 0.3 is 0 Å². The van der Waals surface area contributed by atoms with Crippen molar-refractivity contribution in [3.05, 3.63) is 76.4 Å². The Morgan fingerprint density at radius 1 is 1.11 bits per heavy atom. The molecule has 0 aliphatic heterocycles. The average Bonchev–Trinajstić information content (AvgIpc) is 3.46. The van der Waals surface area contributed by atoms with Gasteiger partial charge in [0.25, 0.3) is 11.8 Å².